The zero-order valence-electron chi connectivity index (χ0n) is 10.6. The van der Waals surface area contributed by atoms with E-state index >= 15 is 0 Å². The number of aromatic nitrogens is 1. The average molecular weight is 357 g/mol. The minimum Gasteiger partial charge on any atom is -0.366 e. The Morgan fingerprint density at radius 1 is 1.25 bits per heavy atom. The van der Waals surface area contributed by atoms with Gasteiger partial charge in [0.15, 0.2) is 0 Å². The minimum absolute atomic E-state index is 0.293. The van der Waals surface area contributed by atoms with Crippen LogP contribution in [0.3, 0.4) is 0 Å². The van der Waals surface area contributed by atoms with Crippen LogP contribution in [-0.2, 0) is 10.0 Å². The van der Waals surface area contributed by atoms with Crippen LogP contribution < -0.4 is 10.2 Å². The normalized spacial score (nSPS) is 13.1. The van der Waals surface area contributed by atoms with Gasteiger partial charge in [0.1, 0.15) is 4.90 Å². The molecule has 2 N–H and O–H groups in total. The molecule has 1 aromatic heterocycles. The number of sulfonamides is 1. The number of halogens is 1. The van der Waals surface area contributed by atoms with Crippen LogP contribution in [0.1, 0.15) is 18.5 Å². The highest BCUT2D eigenvalue weighted by molar-refractivity contribution is 9.10. The molecule has 0 amide bonds. The van der Waals surface area contributed by atoms with Crippen LogP contribution >= 0.6 is 15.9 Å². The molecule has 106 valence electrons. The first-order valence-corrected chi connectivity index (χ1v) is 8.13. The Morgan fingerprint density at radius 2 is 1.95 bits per heavy atom. The molecule has 0 fully saturated rings. The van der Waals surface area contributed by atoms with Crippen molar-refractivity contribution in [2.45, 2.75) is 17.9 Å². The van der Waals surface area contributed by atoms with E-state index in [0.29, 0.717) is 0 Å². The maximum absolute atomic E-state index is 12.2. The number of aromatic amines is 1. The molecule has 0 bridgehead atoms. The second-order valence-electron chi connectivity index (χ2n) is 4.24. The average Bonchev–Trinajstić information content (AvgIpc) is 2.38. The lowest BCUT2D eigenvalue weighted by atomic mass is 10.1. The number of rotatable bonds is 4. The number of nitrogens with one attached hydrogen (secondary N) is 2. The van der Waals surface area contributed by atoms with Gasteiger partial charge in [-0.15, -0.1) is 0 Å². The Kier molecular flexibility index (Phi) is 4.42. The Balaban J connectivity index is 2.32. The van der Waals surface area contributed by atoms with Gasteiger partial charge in [-0.05, 0) is 18.6 Å². The number of H-pyrrole nitrogens is 1. The minimum atomic E-state index is -3.87. The van der Waals surface area contributed by atoms with Crippen LogP contribution in [0.25, 0.3) is 0 Å². The van der Waals surface area contributed by atoms with Crippen molar-refractivity contribution in [3.8, 4) is 0 Å². The molecule has 0 saturated heterocycles. The molecule has 0 aliphatic heterocycles. The van der Waals surface area contributed by atoms with E-state index < -0.39 is 21.5 Å². The molecule has 0 aliphatic rings. The summed E-state index contributed by atoms with van der Waals surface area (Å²) in [6.45, 7) is 1.72. The van der Waals surface area contributed by atoms with E-state index in [1.165, 1.54) is 18.5 Å². The third-order valence-electron chi connectivity index (χ3n) is 2.78. The Morgan fingerprint density at radius 3 is 2.60 bits per heavy atom. The Hall–Kier alpha value is -1.44. The quantitative estimate of drug-likeness (QED) is 0.880. The number of benzene rings is 1. The zero-order chi connectivity index (χ0) is 14.8. The van der Waals surface area contributed by atoms with Gasteiger partial charge in [0, 0.05) is 29.0 Å². The van der Waals surface area contributed by atoms with E-state index in [2.05, 4.69) is 25.6 Å². The van der Waals surface area contributed by atoms with E-state index in [0.717, 1.165) is 10.0 Å². The largest absolute Gasteiger partial charge is 0.366 e. The van der Waals surface area contributed by atoms with Crippen molar-refractivity contribution in [2.75, 3.05) is 0 Å². The predicted octanol–water partition coefficient (Wildman–Crippen LogP) is 2.18. The lowest BCUT2D eigenvalue weighted by Crippen LogP contribution is -2.30. The summed E-state index contributed by atoms with van der Waals surface area (Å²) in [7, 11) is -3.87. The lowest BCUT2D eigenvalue weighted by Gasteiger charge is -2.15. The fourth-order valence-corrected chi connectivity index (χ4v) is 3.70. The summed E-state index contributed by atoms with van der Waals surface area (Å²) in [5.41, 5.74) is 0.249. The molecular formula is C13H13BrN2O3S. The monoisotopic (exact) mass is 356 g/mol. The molecule has 2 aromatic rings. The van der Waals surface area contributed by atoms with Crippen molar-refractivity contribution in [1.29, 1.82) is 0 Å². The van der Waals surface area contributed by atoms with Crippen molar-refractivity contribution in [1.82, 2.24) is 9.71 Å². The molecule has 1 atom stereocenters. The fraction of sp³-hybridized carbons (Fsp3) is 0.154. The SMILES string of the molecule is CC(NS(=O)(=O)c1c[nH]ccc1=O)c1ccccc1Br. The van der Waals surface area contributed by atoms with E-state index in [1.807, 2.05) is 24.3 Å². The highest BCUT2D eigenvalue weighted by atomic mass is 79.9. The molecule has 0 saturated carbocycles. The highest BCUT2D eigenvalue weighted by Gasteiger charge is 2.21. The third-order valence-corrected chi connectivity index (χ3v) is 5.07. The van der Waals surface area contributed by atoms with Gasteiger partial charge in [-0.1, -0.05) is 34.1 Å². The second-order valence-corrected chi connectivity index (χ2v) is 6.77. The summed E-state index contributed by atoms with van der Waals surface area (Å²) < 4.78 is 27.7. The number of pyridine rings is 1. The Bertz CT molecular complexity index is 771. The van der Waals surface area contributed by atoms with Crippen LogP contribution in [0.5, 0.6) is 0 Å². The highest BCUT2D eigenvalue weighted by Crippen LogP contribution is 2.23. The fourth-order valence-electron chi connectivity index (χ4n) is 1.80. The van der Waals surface area contributed by atoms with Gasteiger partial charge < -0.3 is 4.98 Å². The van der Waals surface area contributed by atoms with Crippen molar-refractivity contribution in [3.63, 3.8) is 0 Å². The van der Waals surface area contributed by atoms with E-state index in [-0.39, 0.29) is 4.90 Å². The van der Waals surface area contributed by atoms with E-state index in [1.54, 1.807) is 6.92 Å². The van der Waals surface area contributed by atoms with E-state index in [9.17, 15) is 13.2 Å². The maximum atomic E-state index is 12.2. The third kappa shape index (κ3) is 3.17. The molecule has 20 heavy (non-hydrogen) atoms. The molecule has 0 radical (unpaired) electrons. The van der Waals surface area contributed by atoms with Crippen LogP contribution in [0, 0.1) is 0 Å². The van der Waals surface area contributed by atoms with Gasteiger partial charge in [0.25, 0.3) is 0 Å². The summed E-state index contributed by atoms with van der Waals surface area (Å²) in [5, 5.41) is 0. The molecule has 2 rings (SSSR count). The smallest absolute Gasteiger partial charge is 0.246 e. The van der Waals surface area contributed by atoms with Crippen LogP contribution in [0.4, 0.5) is 0 Å². The van der Waals surface area contributed by atoms with Crippen molar-refractivity contribution >= 4 is 26.0 Å². The van der Waals surface area contributed by atoms with Crippen molar-refractivity contribution in [3.05, 3.63) is 63.0 Å². The van der Waals surface area contributed by atoms with Gasteiger partial charge in [0.05, 0.1) is 0 Å². The topological polar surface area (TPSA) is 79.0 Å². The van der Waals surface area contributed by atoms with Gasteiger partial charge >= 0.3 is 0 Å². The molecule has 7 heteroatoms. The molecule has 1 aromatic carbocycles. The molecule has 5 nitrogen and oxygen atoms in total. The summed E-state index contributed by atoms with van der Waals surface area (Å²) in [6, 6.07) is 8.02. The van der Waals surface area contributed by atoms with Crippen LogP contribution in [0.15, 0.2) is 56.9 Å². The van der Waals surface area contributed by atoms with Gasteiger partial charge in [-0.2, -0.15) is 0 Å². The molecule has 0 aliphatic carbocycles. The summed E-state index contributed by atoms with van der Waals surface area (Å²) >= 11 is 3.37. The summed E-state index contributed by atoms with van der Waals surface area (Å²) in [5.74, 6) is 0. The first kappa shape index (κ1) is 15.0. The standard InChI is InChI=1S/C13H13BrN2O3S/c1-9(10-4-2-3-5-11(10)14)16-20(18,19)13-8-15-7-6-12(13)17/h2-9,16H,1H3,(H,15,17). The van der Waals surface area contributed by atoms with Crippen molar-refractivity contribution in [2.24, 2.45) is 0 Å². The van der Waals surface area contributed by atoms with Crippen molar-refractivity contribution < 1.29 is 8.42 Å². The van der Waals surface area contributed by atoms with Crippen LogP contribution in [0.2, 0.25) is 0 Å². The summed E-state index contributed by atoms with van der Waals surface area (Å²) in [6.07, 6.45) is 2.57. The lowest BCUT2D eigenvalue weighted by molar-refractivity contribution is 0.565. The van der Waals surface area contributed by atoms with E-state index in [4.69, 9.17) is 0 Å². The maximum Gasteiger partial charge on any atom is 0.246 e. The number of hydrogen-bond donors (Lipinski definition) is 2. The van der Waals surface area contributed by atoms with Gasteiger partial charge in [0.2, 0.25) is 15.5 Å². The van der Waals surface area contributed by atoms with Gasteiger partial charge in [-0.3, -0.25) is 4.79 Å². The number of hydrogen-bond acceptors (Lipinski definition) is 3. The van der Waals surface area contributed by atoms with Crippen LogP contribution in [-0.4, -0.2) is 13.4 Å². The van der Waals surface area contributed by atoms with Gasteiger partial charge in [-0.25, -0.2) is 13.1 Å². The molecule has 0 spiro atoms. The molecule has 1 unspecified atom stereocenters. The summed E-state index contributed by atoms with van der Waals surface area (Å²) in [4.78, 5) is 13.9. The first-order valence-electron chi connectivity index (χ1n) is 5.85. The molecule has 1 heterocycles. The predicted molar refractivity (Wildman–Crippen MR) is 79.9 cm³/mol. The second kappa shape index (κ2) is 5.90. The first-order chi connectivity index (χ1) is 9.42. The zero-order valence-corrected chi connectivity index (χ0v) is 13.0. The Labute approximate surface area is 125 Å². The molecular weight excluding hydrogens is 344 g/mol.